The minimum absolute atomic E-state index is 0.0669. The fraction of sp³-hybridized carbons (Fsp3) is 0.875. The third kappa shape index (κ3) is 1.42. The van der Waals surface area contributed by atoms with Gasteiger partial charge >= 0.3 is 5.97 Å². The fourth-order valence-electron chi connectivity index (χ4n) is 2.24. The number of cyclic esters (lactones) is 1. The molecular weight excluding hydrogens is 368 g/mol. The first-order chi connectivity index (χ1) is 5.76. The minimum atomic E-state index is -0.476. The Bertz CT molecular complexity index is 269. The molecule has 1 aliphatic carbocycles. The number of halogens is 3. The second-order valence-electron chi connectivity index (χ2n) is 4.22. The van der Waals surface area contributed by atoms with E-state index in [4.69, 9.17) is 4.74 Å². The largest absolute Gasteiger partial charge is 0.458 e. The zero-order valence-corrected chi connectivity index (χ0v) is 11.9. The molecule has 1 saturated heterocycles. The van der Waals surface area contributed by atoms with E-state index in [0.29, 0.717) is 5.92 Å². The lowest BCUT2D eigenvalue weighted by Gasteiger charge is -2.24. The average molecular weight is 377 g/mol. The van der Waals surface area contributed by atoms with Crippen molar-refractivity contribution in [2.24, 2.45) is 17.3 Å². The van der Waals surface area contributed by atoms with Crippen LogP contribution in [0.15, 0.2) is 0 Å². The van der Waals surface area contributed by atoms with E-state index >= 15 is 0 Å². The number of rotatable bonds is 0. The van der Waals surface area contributed by atoms with Crippen LogP contribution in [0.3, 0.4) is 0 Å². The molecule has 0 radical (unpaired) electrons. The second kappa shape index (κ2) is 2.73. The predicted molar refractivity (Wildman–Crippen MR) is 60.2 cm³/mol. The van der Waals surface area contributed by atoms with Crippen LogP contribution in [0.4, 0.5) is 0 Å². The number of hydrogen-bond donors (Lipinski definition) is 0. The van der Waals surface area contributed by atoms with Crippen LogP contribution in [0.1, 0.15) is 13.8 Å². The van der Waals surface area contributed by atoms with Gasteiger partial charge in [-0.05, 0) is 5.41 Å². The van der Waals surface area contributed by atoms with E-state index < -0.39 is 2.14 Å². The Morgan fingerprint density at radius 3 is 2.15 bits per heavy atom. The van der Waals surface area contributed by atoms with Gasteiger partial charge in [0.05, 0.1) is 5.92 Å². The van der Waals surface area contributed by atoms with Gasteiger partial charge in [-0.25, -0.2) is 0 Å². The molecule has 0 N–H and O–H groups in total. The highest BCUT2D eigenvalue weighted by atomic mass is 80.0. The Hall–Kier alpha value is 0.910. The van der Waals surface area contributed by atoms with Gasteiger partial charge in [-0.2, -0.15) is 0 Å². The van der Waals surface area contributed by atoms with Gasteiger partial charge in [0.1, 0.15) is 6.10 Å². The van der Waals surface area contributed by atoms with Gasteiger partial charge in [0.2, 0.25) is 0 Å². The maximum Gasteiger partial charge on any atom is 0.310 e. The van der Waals surface area contributed by atoms with Crippen molar-refractivity contribution in [2.45, 2.75) is 22.1 Å². The van der Waals surface area contributed by atoms with Crippen molar-refractivity contribution < 1.29 is 9.53 Å². The van der Waals surface area contributed by atoms with E-state index in [2.05, 4.69) is 61.6 Å². The molecule has 2 nitrogen and oxygen atoms in total. The number of carbonyl (C=O) groups is 1. The molecular formula is C8H9Br3O2. The Labute approximate surface area is 102 Å². The summed E-state index contributed by atoms with van der Waals surface area (Å²) in [5.74, 6) is 0.338. The Balaban J connectivity index is 2.24. The Morgan fingerprint density at radius 1 is 1.38 bits per heavy atom. The lowest BCUT2D eigenvalue weighted by molar-refractivity contribution is -0.146. The van der Waals surface area contributed by atoms with Gasteiger partial charge in [-0.1, -0.05) is 61.6 Å². The van der Waals surface area contributed by atoms with E-state index in [1.54, 1.807) is 0 Å². The summed E-state index contributed by atoms with van der Waals surface area (Å²) < 4.78 is 4.77. The molecule has 0 bridgehead atoms. The van der Waals surface area contributed by atoms with Gasteiger partial charge in [0, 0.05) is 5.92 Å². The predicted octanol–water partition coefficient (Wildman–Crippen LogP) is 3.02. The molecule has 3 unspecified atom stereocenters. The first-order valence-electron chi connectivity index (χ1n) is 4.03. The van der Waals surface area contributed by atoms with Crippen LogP contribution in [0.2, 0.25) is 0 Å². The van der Waals surface area contributed by atoms with E-state index in [0.717, 1.165) is 0 Å². The Morgan fingerprint density at radius 2 is 1.92 bits per heavy atom. The summed E-state index contributed by atoms with van der Waals surface area (Å²) in [7, 11) is 0. The third-order valence-corrected chi connectivity index (χ3v) is 4.41. The summed E-state index contributed by atoms with van der Waals surface area (Å²) in [6, 6.07) is 0. The molecule has 1 saturated carbocycles. The lowest BCUT2D eigenvalue weighted by atomic mass is 10.1. The van der Waals surface area contributed by atoms with Crippen LogP contribution in [0, 0.1) is 17.3 Å². The second-order valence-corrected chi connectivity index (χ2v) is 11.2. The van der Waals surface area contributed by atoms with Gasteiger partial charge in [-0.15, -0.1) is 0 Å². The maximum absolute atomic E-state index is 11.4. The normalized spacial score (nSPS) is 41.3. The zero-order chi connectivity index (χ0) is 10.0. The summed E-state index contributed by atoms with van der Waals surface area (Å²) >= 11 is 10.2. The van der Waals surface area contributed by atoms with E-state index in [-0.39, 0.29) is 23.4 Å². The highest BCUT2D eigenvalue weighted by Crippen LogP contribution is 2.68. The van der Waals surface area contributed by atoms with Crippen molar-refractivity contribution in [1.29, 1.82) is 0 Å². The first kappa shape index (κ1) is 10.4. The van der Waals surface area contributed by atoms with Crippen LogP contribution in [0.5, 0.6) is 0 Å². The number of carbonyl (C=O) groups excluding carboxylic acids is 1. The van der Waals surface area contributed by atoms with Crippen molar-refractivity contribution in [2.75, 3.05) is 0 Å². The lowest BCUT2D eigenvalue weighted by Crippen LogP contribution is -2.30. The molecule has 2 aliphatic rings. The monoisotopic (exact) mass is 374 g/mol. The number of hydrogen-bond acceptors (Lipinski definition) is 2. The quantitative estimate of drug-likeness (QED) is 0.480. The van der Waals surface area contributed by atoms with Gasteiger partial charge < -0.3 is 4.74 Å². The molecule has 0 amide bonds. The average Bonchev–Trinajstić information content (AvgIpc) is 2.35. The SMILES string of the molecule is CC1(C)C2C(=O)OC(C(Br)(Br)Br)C21. The molecule has 0 spiro atoms. The van der Waals surface area contributed by atoms with Crippen LogP contribution < -0.4 is 0 Å². The van der Waals surface area contributed by atoms with Crippen LogP contribution in [-0.2, 0) is 9.53 Å². The topological polar surface area (TPSA) is 26.3 Å². The van der Waals surface area contributed by atoms with E-state index in [9.17, 15) is 4.79 Å². The summed E-state index contributed by atoms with van der Waals surface area (Å²) in [6.45, 7) is 4.21. The molecule has 74 valence electrons. The molecule has 1 heterocycles. The Kier molecular flexibility index (Phi) is 2.19. The summed E-state index contributed by atoms with van der Waals surface area (Å²) in [6.07, 6.45) is -0.125. The first-order valence-corrected chi connectivity index (χ1v) is 6.41. The molecule has 2 rings (SSSR count). The zero-order valence-electron chi connectivity index (χ0n) is 7.18. The molecule has 3 atom stereocenters. The van der Waals surface area contributed by atoms with Crippen molar-refractivity contribution >= 4 is 53.8 Å². The molecule has 1 aliphatic heterocycles. The molecule has 5 heteroatoms. The van der Waals surface area contributed by atoms with Gasteiger partial charge in [-0.3, -0.25) is 4.79 Å². The molecule has 0 aromatic heterocycles. The number of ether oxygens (including phenoxy) is 1. The minimum Gasteiger partial charge on any atom is -0.458 e. The smallest absolute Gasteiger partial charge is 0.310 e. The van der Waals surface area contributed by atoms with Crippen LogP contribution in [0.25, 0.3) is 0 Å². The molecule has 13 heavy (non-hydrogen) atoms. The number of fused-ring (bicyclic) bond motifs is 1. The maximum atomic E-state index is 11.4. The molecule has 0 aromatic carbocycles. The summed E-state index contributed by atoms with van der Waals surface area (Å²) in [4.78, 5) is 11.4. The summed E-state index contributed by atoms with van der Waals surface area (Å²) in [5.41, 5.74) is 0.0978. The number of alkyl halides is 3. The van der Waals surface area contributed by atoms with Crippen molar-refractivity contribution in [3.05, 3.63) is 0 Å². The van der Waals surface area contributed by atoms with Crippen molar-refractivity contribution in [1.82, 2.24) is 0 Å². The van der Waals surface area contributed by atoms with E-state index in [1.807, 2.05) is 0 Å². The van der Waals surface area contributed by atoms with E-state index in [1.165, 1.54) is 0 Å². The standard InChI is InChI=1S/C8H9Br3O2/c1-7(2)3-4(7)6(12)13-5(3)8(9,10)11/h3-5H,1-2H3. The fourth-order valence-corrected chi connectivity index (χ4v) is 3.37. The molecule has 0 aromatic rings. The highest BCUT2D eigenvalue weighted by molar-refractivity contribution is 9.39. The van der Waals surface area contributed by atoms with Gasteiger partial charge in [0.15, 0.2) is 2.14 Å². The van der Waals surface area contributed by atoms with Crippen LogP contribution in [-0.4, -0.2) is 14.2 Å². The third-order valence-electron chi connectivity index (χ3n) is 3.06. The van der Waals surface area contributed by atoms with Crippen molar-refractivity contribution in [3.63, 3.8) is 0 Å². The summed E-state index contributed by atoms with van der Waals surface area (Å²) in [5, 5.41) is 0. The highest BCUT2D eigenvalue weighted by Gasteiger charge is 2.73. The van der Waals surface area contributed by atoms with Crippen LogP contribution >= 0.6 is 47.8 Å². The number of esters is 1. The van der Waals surface area contributed by atoms with Crippen molar-refractivity contribution in [3.8, 4) is 0 Å². The molecule has 2 fully saturated rings. The van der Waals surface area contributed by atoms with Gasteiger partial charge in [0.25, 0.3) is 0 Å².